The van der Waals surface area contributed by atoms with Gasteiger partial charge in [0.25, 0.3) is 0 Å². The van der Waals surface area contributed by atoms with E-state index in [1.54, 1.807) is 0 Å². The summed E-state index contributed by atoms with van der Waals surface area (Å²) in [5.41, 5.74) is -0.0693. The Labute approximate surface area is 135 Å². The lowest BCUT2D eigenvalue weighted by Crippen LogP contribution is -2.50. The molecule has 2 aliphatic rings. The zero-order valence-electron chi connectivity index (χ0n) is 14.8. The van der Waals surface area contributed by atoms with Gasteiger partial charge in [-0.2, -0.15) is 0 Å². The van der Waals surface area contributed by atoms with Crippen molar-refractivity contribution in [3.05, 3.63) is 0 Å². The third kappa shape index (κ3) is 5.15. The lowest BCUT2D eigenvalue weighted by atomic mass is 9.86. The van der Waals surface area contributed by atoms with Crippen LogP contribution in [0, 0.1) is 11.3 Å². The van der Waals surface area contributed by atoms with Crippen molar-refractivity contribution in [2.24, 2.45) is 11.3 Å². The highest BCUT2D eigenvalue weighted by atomic mass is 16.3. The Morgan fingerprint density at radius 2 is 1.68 bits per heavy atom. The van der Waals surface area contributed by atoms with Gasteiger partial charge in [0.2, 0.25) is 0 Å². The Morgan fingerprint density at radius 1 is 1.18 bits per heavy atom. The summed E-state index contributed by atoms with van der Waals surface area (Å²) in [4.78, 5) is 14.8. The van der Waals surface area contributed by atoms with E-state index in [9.17, 15) is 9.90 Å². The number of amides is 2. The Bertz CT molecular complexity index is 369. The van der Waals surface area contributed by atoms with Crippen LogP contribution in [0.25, 0.3) is 0 Å². The molecule has 0 bridgehead atoms. The minimum Gasteiger partial charge on any atom is -0.393 e. The number of nitrogens with one attached hydrogen (secondary N) is 1. The van der Waals surface area contributed by atoms with Gasteiger partial charge < -0.3 is 15.3 Å². The van der Waals surface area contributed by atoms with Crippen molar-refractivity contribution in [1.29, 1.82) is 0 Å². The smallest absolute Gasteiger partial charge is 0.317 e. The Kier molecular flexibility index (Phi) is 5.76. The summed E-state index contributed by atoms with van der Waals surface area (Å²) in [7, 11) is 0. The molecule has 0 aromatic heterocycles. The first kappa shape index (κ1) is 17.6. The van der Waals surface area contributed by atoms with Gasteiger partial charge in [0, 0.05) is 18.6 Å². The normalized spacial score (nSPS) is 27.3. The average molecular weight is 310 g/mol. The lowest BCUT2D eigenvalue weighted by Gasteiger charge is -2.37. The largest absolute Gasteiger partial charge is 0.393 e. The molecule has 0 heterocycles. The predicted octanol–water partition coefficient (Wildman–Crippen LogP) is 3.54. The molecule has 0 aliphatic heterocycles. The molecular weight excluding hydrogens is 276 g/mol. The standard InChI is InChI=1S/C18H34N2O2/c1-13-5-7-15(8-6-13)20(16-9-10-16)17(22)19-12-18(3,4)11-14(2)21/h13-16,21H,5-12H2,1-4H3,(H,19,22). The molecule has 0 spiro atoms. The van der Waals surface area contributed by atoms with E-state index in [-0.39, 0.29) is 17.6 Å². The van der Waals surface area contributed by atoms with Gasteiger partial charge in [-0.3, -0.25) is 0 Å². The molecule has 2 fully saturated rings. The summed E-state index contributed by atoms with van der Waals surface area (Å²) in [6.45, 7) is 8.95. The molecule has 0 radical (unpaired) electrons. The van der Waals surface area contributed by atoms with E-state index < -0.39 is 0 Å². The maximum Gasteiger partial charge on any atom is 0.317 e. The van der Waals surface area contributed by atoms with Crippen LogP contribution in [-0.2, 0) is 0 Å². The quantitative estimate of drug-likeness (QED) is 0.788. The van der Waals surface area contributed by atoms with E-state index in [2.05, 4.69) is 31.0 Å². The Morgan fingerprint density at radius 3 is 2.14 bits per heavy atom. The number of aliphatic hydroxyl groups excluding tert-OH is 1. The first-order valence-corrected chi connectivity index (χ1v) is 9.03. The predicted molar refractivity (Wildman–Crippen MR) is 89.8 cm³/mol. The summed E-state index contributed by atoms with van der Waals surface area (Å²) in [5.74, 6) is 0.810. The highest BCUT2D eigenvalue weighted by Crippen LogP contribution is 2.35. The fourth-order valence-corrected chi connectivity index (χ4v) is 3.78. The van der Waals surface area contributed by atoms with Crippen LogP contribution < -0.4 is 5.32 Å². The van der Waals surface area contributed by atoms with Gasteiger partial charge in [0.05, 0.1) is 6.10 Å². The Balaban J connectivity index is 1.87. The number of carbonyl (C=O) groups is 1. The van der Waals surface area contributed by atoms with Gasteiger partial charge in [-0.05, 0) is 63.2 Å². The fraction of sp³-hybridized carbons (Fsp3) is 0.944. The van der Waals surface area contributed by atoms with Crippen molar-refractivity contribution >= 4 is 6.03 Å². The molecule has 2 N–H and O–H groups in total. The van der Waals surface area contributed by atoms with Crippen LogP contribution in [0.15, 0.2) is 0 Å². The monoisotopic (exact) mass is 310 g/mol. The molecule has 0 saturated heterocycles. The van der Waals surface area contributed by atoms with E-state index in [1.165, 1.54) is 12.8 Å². The van der Waals surface area contributed by atoms with Crippen LogP contribution in [0.1, 0.15) is 72.6 Å². The molecular formula is C18H34N2O2. The third-order valence-electron chi connectivity index (χ3n) is 5.12. The van der Waals surface area contributed by atoms with Crippen LogP contribution in [0.2, 0.25) is 0 Å². The molecule has 2 rings (SSSR count). The van der Waals surface area contributed by atoms with Crippen molar-refractivity contribution in [2.45, 2.75) is 90.8 Å². The van der Waals surface area contributed by atoms with Gasteiger partial charge >= 0.3 is 6.03 Å². The Hall–Kier alpha value is -0.770. The molecule has 0 aromatic carbocycles. The van der Waals surface area contributed by atoms with Gasteiger partial charge in [0.1, 0.15) is 0 Å². The number of hydrogen-bond acceptors (Lipinski definition) is 2. The maximum atomic E-state index is 12.7. The van der Waals surface area contributed by atoms with Gasteiger partial charge in [0.15, 0.2) is 0 Å². The number of nitrogens with zero attached hydrogens (tertiary/aromatic N) is 1. The molecule has 2 amide bonds. The first-order chi connectivity index (χ1) is 10.3. The van der Waals surface area contributed by atoms with Crippen molar-refractivity contribution < 1.29 is 9.90 Å². The number of urea groups is 1. The van der Waals surface area contributed by atoms with Crippen LogP contribution in [0.4, 0.5) is 4.79 Å². The lowest BCUT2D eigenvalue weighted by molar-refractivity contribution is 0.118. The number of rotatable bonds is 6. The second kappa shape index (κ2) is 7.20. The highest BCUT2D eigenvalue weighted by Gasteiger charge is 2.38. The molecule has 2 saturated carbocycles. The summed E-state index contributed by atoms with van der Waals surface area (Å²) < 4.78 is 0. The molecule has 4 heteroatoms. The van der Waals surface area contributed by atoms with Gasteiger partial charge in [-0.15, -0.1) is 0 Å². The highest BCUT2D eigenvalue weighted by molar-refractivity contribution is 5.75. The maximum absolute atomic E-state index is 12.7. The van der Waals surface area contributed by atoms with E-state index >= 15 is 0 Å². The number of aliphatic hydroxyl groups is 1. The van der Waals surface area contributed by atoms with Crippen LogP contribution in [0.5, 0.6) is 0 Å². The minimum atomic E-state index is -0.328. The molecule has 4 nitrogen and oxygen atoms in total. The molecule has 1 unspecified atom stereocenters. The first-order valence-electron chi connectivity index (χ1n) is 9.03. The summed E-state index contributed by atoms with van der Waals surface area (Å²) in [5, 5.41) is 12.7. The summed E-state index contributed by atoms with van der Waals surface area (Å²) in [6, 6.07) is 1.02. The topological polar surface area (TPSA) is 52.6 Å². The molecule has 0 aromatic rings. The zero-order chi connectivity index (χ0) is 16.3. The van der Waals surface area contributed by atoms with Crippen LogP contribution in [-0.4, -0.2) is 40.8 Å². The summed E-state index contributed by atoms with van der Waals surface area (Å²) in [6.07, 6.45) is 7.50. The van der Waals surface area contributed by atoms with Crippen molar-refractivity contribution in [2.75, 3.05) is 6.54 Å². The fourth-order valence-electron chi connectivity index (χ4n) is 3.78. The second-order valence-corrected chi connectivity index (χ2v) is 8.43. The van der Waals surface area contributed by atoms with Crippen molar-refractivity contribution in [1.82, 2.24) is 10.2 Å². The van der Waals surface area contributed by atoms with Gasteiger partial charge in [-0.1, -0.05) is 20.8 Å². The van der Waals surface area contributed by atoms with Crippen LogP contribution in [0.3, 0.4) is 0 Å². The molecule has 128 valence electrons. The van der Waals surface area contributed by atoms with E-state index in [1.807, 2.05) is 6.92 Å². The second-order valence-electron chi connectivity index (χ2n) is 8.43. The zero-order valence-corrected chi connectivity index (χ0v) is 14.8. The third-order valence-corrected chi connectivity index (χ3v) is 5.12. The number of hydrogen-bond donors (Lipinski definition) is 2. The van der Waals surface area contributed by atoms with E-state index in [4.69, 9.17) is 0 Å². The SMILES string of the molecule is CC(O)CC(C)(C)CNC(=O)N(C1CCC(C)CC1)C1CC1. The van der Waals surface area contributed by atoms with Crippen LogP contribution >= 0.6 is 0 Å². The molecule has 1 atom stereocenters. The molecule has 22 heavy (non-hydrogen) atoms. The van der Waals surface area contributed by atoms with E-state index in [0.717, 1.165) is 31.6 Å². The van der Waals surface area contributed by atoms with E-state index in [0.29, 0.717) is 25.0 Å². The average Bonchev–Trinajstić information content (AvgIpc) is 3.22. The van der Waals surface area contributed by atoms with Crippen molar-refractivity contribution in [3.63, 3.8) is 0 Å². The minimum absolute atomic E-state index is 0.0693. The van der Waals surface area contributed by atoms with Gasteiger partial charge in [-0.25, -0.2) is 4.79 Å². The molecule has 2 aliphatic carbocycles. The van der Waals surface area contributed by atoms with Crippen molar-refractivity contribution in [3.8, 4) is 0 Å². The number of carbonyl (C=O) groups excluding carboxylic acids is 1. The summed E-state index contributed by atoms with van der Waals surface area (Å²) >= 11 is 0.